The molecule has 0 N–H and O–H groups in total. The highest BCUT2D eigenvalue weighted by atomic mass is 16.1. The van der Waals surface area contributed by atoms with Crippen LogP contribution in [0, 0.1) is 17.8 Å². The van der Waals surface area contributed by atoms with E-state index in [0.29, 0.717) is 17.3 Å². The van der Waals surface area contributed by atoms with Crippen molar-refractivity contribution in [2.75, 3.05) is 0 Å². The molecule has 0 amide bonds. The highest BCUT2D eigenvalue weighted by Gasteiger charge is 2.06. The Balaban J connectivity index is -0.000000675. The summed E-state index contributed by atoms with van der Waals surface area (Å²) in [5.74, 6) is 2.31. The van der Waals surface area contributed by atoms with Crippen molar-refractivity contribution >= 4 is 17.3 Å². The molecule has 0 radical (unpaired) electrons. The molecule has 47 heavy (non-hydrogen) atoms. The lowest BCUT2D eigenvalue weighted by Gasteiger charge is -2.04. The molecular formula is C44H82O3. The number of Topliss-reactive ketones (excluding diaryl/α,β-unsaturated/α-hetero) is 3. The molecular weight excluding hydrogens is 576 g/mol. The number of rotatable bonds is 29. The van der Waals surface area contributed by atoms with Crippen LogP contribution in [0.1, 0.15) is 210 Å². The largest absolute Gasteiger partial charge is 0.300 e. The number of carbonyl (C=O) groups is 3. The third kappa shape index (κ3) is 48.7. The lowest BCUT2D eigenvalue weighted by Crippen LogP contribution is -2.05. The van der Waals surface area contributed by atoms with Crippen molar-refractivity contribution in [2.24, 2.45) is 17.8 Å². The van der Waals surface area contributed by atoms with Gasteiger partial charge in [0.05, 0.1) is 0 Å². The summed E-state index contributed by atoms with van der Waals surface area (Å²) >= 11 is 0. The lowest BCUT2D eigenvalue weighted by molar-refractivity contribution is -0.122. The van der Waals surface area contributed by atoms with E-state index in [-0.39, 0.29) is 11.8 Å². The van der Waals surface area contributed by atoms with Crippen LogP contribution in [0.15, 0.2) is 36.5 Å². The zero-order valence-electron chi connectivity index (χ0n) is 33.2. The van der Waals surface area contributed by atoms with Crippen LogP contribution in [0.25, 0.3) is 0 Å². The van der Waals surface area contributed by atoms with E-state index < -0.39 is 0 Å². The molecule has 3 heteroatoms. The van der Waals surface area contributed by atoms with Gasteiger partial charge in [0.2, 0.25) is 0 Å². The van der Waals surface area contributed by atoms with Crippen LogP contribution in [-0.2, 0) is 14.4 Å². The number of hydrogen-bond donors (Lipinski definition) is 0. The van der Waals surface area contributed by atoms with Gasteiger partial charge in [0.15, 0.2) is 0 Å². The number of carbonyl (C=O) groups excluding carboxylic acids is 3. The van der Waals surface area contributed by atoms with E-state index in [1.807, 2.05) is 27.7 Å². The normalized spacial score (nSPS) is 11.5. The van der Waals surface area contributed by atoms with E-state index in [4.69, 9.17) is 0 Å². The molecule has 3 nitrogen and oxygen atoms in total. The van der Waals surface area contributed by atoms with E-state index in [1.165, 1.54) is 83.5 Å². The maximum Gasteiger partial charge on any atom is 0.135 e. The topological polar surface area (TPSA) is 51.2 Å². The Hall–Kier alpha value is -1.77. The highest BCUT2D eigenvalue weighted by Crippen LogP contribution is 2.12. The summed E-state index contributed by atoms with van der Waals surface area (Å²) in [6, 6.07) is 0. The van der Waals surface area contributed by atoms with E-state index >= 15 is 0 Å². The predicted octanol–water partition coefficient (Wildman–Crippen LogP) is 14.3. The standard InChI is InChI=1S/C21H36O.C15H30O.C8H16O/c1-4-5-6-7-8-9-10-11-12-13-14-15-16-17-18-19-21(22)20(2)3;1-4-5-6-7-8-9-10-11-12-13-15(16)14(2)3;1-7(2)5-4-6-8(3)9/h8-9,11-12,14-15,20H,4-7,10,13,16-19H2,1-3H3;14H,4-13H2,1-3H3;7H,4-6H2,1-3H3/b9-8-,12-11-,15-14-;;. The van der Waals surface area contributed by atoms with Crippen molar-refractivity contribution < 1.29 is 14.4 Å². The Morgan fingerprint density at radius 1 is 0.447 bits per heavy atom. The van der Waals surface area contributed by atoms with Gasteiger partial charge < -0.3 is 4.79 Å². The molecule has 0 aliphatic carbocycles. The van der Waals surface area contributed by atoms with Gasteiger partial charge in [-0.15, -0.1) is 0 Å². The molecule has 0 saturated heterocycles. The van der Waals surface area contributed by atoms with Crippen molar-refractivity contribution in [3.63, 3.8) is 0 Å². The van der Waals surface area contributed by atoms with Crippen LogP contribution in [0.3, 0.4) is 0 Å². The van der Waals surface area contributed by atoms with Gasteiger partial charge >= 0.3 is 0 Å². The Bertz CT molecular complexity index is 769. The van der Waals surface area contributed by atoms with E-state index in [2.05, 4.69) is 64.2 Å². The SMILES string of the molecule is CC(=O)CCCC(C)C.CCCCC/C=C\C/C=C\C/C=C\CCCCC(=O)C(C)C.CCCCCCCCCCCC(=O)C(C)C. The van der Waals surface area contributed by atoms with Crippen molar-refractivity contribution in [3.05, 3.63) is 36.5 Å². The number of ketones is 3. The molecule has 0 rings (SSSR count). The fraction of sp³-hybridized carbons (Fsp3) is 0.795. The molecule has 0 fully saturated rings. The minimum atomic E-state index is 0.196. The summed E-state index contributed by atoms with van der Waals surface area (Å²) in [6.07, 6.45) is 40.5. The first-order valence-electron chi connectivity index (χ1n) is 20.0. The third-order valence-corrected chi connectivity index (χ3v) is 8.19. The van der Waals surface area contributed by atoms with Gasteiger partial charge in [-0.05, 0) is 70.6 Å². The maximum atomic E-state index is 11.4. The Kier molecular flexibility index (Phi) is 42.7. The summed E-state index contributed by atoms with van der Waals surface area (Å²) in [6.45, 7) is 18.5. The van der Waals surface area contributed by atoms with Crippen molar-refractivity contribution in [1.82, 2.24) is 0 Å². The van der Waals surface area contributed by atoms with Crippen LogP contribution in [0.2, 0.25) is 0 Å². The zero-order chi connectivity index (χ0) is 36.0. The molecule has 0 aromatic rings. The fourth-order valence-electron chi connectivity index (χ4n) is 4.80. The maximum absolute atomic E-state index is 11.4. The molecule has 0 aromatic carbocycles. The summed E-state index contributed by atoms with van der Waals surface area (Å²) < 4.78 is 0. The molecule has 0 aromatic heterocycles. The first-order valence-corrected chi connectivity index (χ1v) is 20.0. The monoisotopic (exact) mass is 659 g/mol. The molecule has 0 atom stereocenters. The second-order valence-corrected chi connectivity index (χ2v) is 14.4. The first-order chi connectivity index (χ1) is 22.5. The van der Waals surface area contributed by atoms with Gasteiger partial charge in [0.25, 0.3) is 0 Å². The number of unbranched alkanes of at least 4 members (excludes halogenated alkanes) is 13. The van der Waals surface area contributed by atoms with Crippen molar-refractivity contribution in [1.29, 1.82) is 0 Å². The average molecular weight is 659 g/mol. The lowest BCUT2D eigenvalue weighted by atomic mass is 10.0. The molecule has 0 heterocycles. The minimum Gasteiger partial charge on any atom is -0.300 e. The van der Waals surface area contributed by atoms with E-state index in [0.717, 1.165) is 70.1 Å². The highest BCUT2D eigenvalue weighted by molar-refractivity contribution is 5.80. The van der Waals surface area contributed by atoms with Gasteiger partial charge in [-0.25, -0.2) is 0 Å². The van der Waals surface area contributed by atoms with Crippen LogP contribution < -0.4 is 0 Å². The summed E-state index contributed by atoms with van der Waals surface area (Å²) in [4.78, 5) is 33.2. The fourth-order valence-corrected chi connectivity index (χ4v) is 4.80. The molecule has 0 aliphatic rings. The Morgan fingerprint density at radius 2 is 0.809 bits per heavy atom. The van der Waals surface area contributed by atoms with Crippen LogP contribution in [0.4, 0.5) is 0 Å². The van der Waals surface area contributed by atoms with Crippen molar-refractivity contribution in [2.45, 2.75) is 210 Å². The van der Waals surface area contributed by atoms with Gasteiger partial charge in [-0.1, -0.05) is 162 Å². The quantitative estimate of drug-likeness (QED) is 0.0593. The molecule has 276 valence electrons. The summed E-state index contributed by atoms with van der Waals surface area (Å²) in [7, 11) is 0. The van der Waals surface area contributed by atoms with Gasteiger partial charge in [0.1, 0.15) is 17.3 Å². The van der Waals surface area contributed by atoms with E-state index in [9.17, 15) is 14.4 Å². The smallest absolute Gasteiger partial charge is 0.135 e. The minimum absolute atomic E-state index is 0.196. The van der Waals surface area contributed by atoms with Gasteiger partial charge in [-0.2, -0.15) is 0 Å². The second kappa shape index (κ2) is 40.4. The van der Waals surface area contributed by atoms with Gasteiger partial charge in [0, 0.05) is 31.1 Å². The average Bonchev–Trinajstić information content (AvgIpc) is 3.02. The zero-order valence-corrected chi connectivity index (χ0v) is 33.2. The molecule has 0 aliphatic heterocycles. The first kappa shape index (κ1) is 49.6. The van der Waals surface area contributed by atoms with Crippen molar-refractivity contribution in [3.8, 4) is 0 Å². The predicted molar refractivity (Wildman–Crippen MR) is 210 cm³/mol. The summed E-state index contributed by atoms with van der Waals surface area (Å²) in [5, 5.41) is 0. The van der Waals surface area contributed by atoms with Crippen LogP contribution in [0.5, 0.6) is 0 Å². The summed E-state index contributed by atoms with van der Waals surface area (Å²) in [5.41, 5.74) is 0. The Morgan fingerprint density at radius 3 is 1.21 bits per heavy atom. The van der Waals surface area contributed by atoms with Gasteiger partial charge in [-0.3, -0.25) is 9.59 Å². The molecule has 0 spiro atoms. The number of allylic oxidation sites excluding steroid dienone is 6. The second-order valence-electron chi connectivity index (χ2n) is 14.4. The van der Waals surface area contributed by atoms with E-state index in [1.54, 1.807) is 6.92 Å². The number of hydrogen-bond acceptors (Lipinski definition) is 3. The molecule has 0 bridgehead atoms. The van der Waals surface area contributed by atoms with Crippen LogP contribution >= 0.6 is 0 Å². The third-order valence-electron chi connectivity index (χ3n) is 8.19. The van der Waals surface area contributed by atoms with Crippen LogP contribution in [-0.4, -0.2) is 17.3 Å². The Labute approximate surface area is 295 Å². The molecule has 0 unspecified atom stereocenters. The molecule has 0 saturated carbocycles.